The molecule has 0 N–H and O–H groups in total. The van der Waals surface area contributed by atoms with Gasteiger partial charge in [-0.15, -0.1) is 0 Å². The summed E-state index contributed by atoms with van der Waals surface area (Å²) in [6.07, 6.45) is 15.9. The van der Waals surface area contributed by atoms with Gasteiger partial charge in [0, 0.05) is 27.5 Å². The Morgan fingerprint density at radius 2 is 1.18 bits per heavy atom. The maximum Gasteiger partial charge on any atom is 0.137 e. The molecular weight excluding hydrogens is 623 g/mol. The van der Waals surface area contributed by atoms with Gasteiger partial charge in [0.25, 0.3) is 0 Å². The van der Waals surface area contributed by atoms with Crippen LogP contribution < -0.4 is 4.90 Å². The molecule has 3 heteroatoms. The van der Waals surface area contributed by atoms with Gasteiger partial charge >= 0.3 is 0 Å². The van der Waals surface area contributed by atoms with Crippen molar-refractivity contribution in [3.05, 3.63) is 187 Å². The number of hydrogen-bond donors (Lipinski definition) is 0. The van der Waals surface area contributed by atoms with Crippen LogP contribution in [-0.2, 0) is 0 Å². The van der Waals surface area contributed by atoms with Gasteiger partial charge in [-0.05, 0) is 95.5 Å². The number of para-hydroxylation sites is 2. The van der Waals surface area contributed by atoms with E-state index < -0.39 is 0 Å². The van der Waals surface area contributed by atoms with E-state index in [9.17, 15) is 0 Å². The second kappa shape index (κ2) is 12.2. The minimum absolute atomic E-state index is 0.408. The Labute approximate surface area is 296 Å². The van der Waals surface area contributed by atoms with Crippen molar-refractivity contribution in [2.45, 2.75) is 12.8 Å². The summed E-state index contributed by atoms with van der Waals surface area (Å²) in [4.78, 5) is 2.45. The van der Waals surface area contributed by atoms with Gasteiger partial charge in [-0.1, -0.05) is 127 Å². The van der Waals surface area contributed by atoms with Gasteiger partial charge in [-0.2, -0.15) is 0 Å². The summed E-state index contributed by atoms with van der Waals surface area (Å²) in [6, 6.07) is 49.4. The van der Waals surface area contributed by atoms with Crippen LogP contribution in [0, 0.1) is 11.8 Å². The number of hydrogen-bond acceptors (Lipinski definition) is 3. The highest BCUT2D eigenvalue weighted by Gasteiger charge is 2.29. The predicted octanol–water partition coefficient (Wildman–Crippen LogP) is 13.4. The largest absolute Gasteiger partial charge is 0.456 e. The molecule has 2 heterocycles. The number of nitrogens with zero attached hydrogens (tertiary/aromatic N) is 1. The van der Waals surface area contributed by atoms with Gasteiger partial charge in [0.15, 0.2) is 0 Å². The lowest BCUT2D eigenvalue weighted by molar-refractivity contribution is 0.481. The molecule has 0 aliphatic heterocycles. The molecule has 8 aromatic rings. The lowest BCUT2D eigenvalue weighted by Gasteiger charge is -2.34. The second-order valence-electron chi connectivity index (χ2n) is 13.6. The van der Waals surface area contributed by atoms with Crippen molar-refractivity contribution in [2.24, 2.45) is 11.8 Å². The van der Waals surface area contributed by atoms with Crippen LogP contribution in [0.3, 0.4) is 0 Å². The summed E-state index contributed by atoms with van der Waals surface area (Å²) in [7, 11) is 0. The van der Waals surface area contributed by atoms with Gasteiger partial charge in [-0.25, -0.2) is 0 Å². The number of fused-ring (bicyclic) bond motifs is 6. The van der Waals surface area contributed by atoms with Crippen LogP contribution in [0.15, 0.2) is 191 Å². The molecular formula is C48H35NO2. The van der Waals surface area contributed by atoms with Crippen LogP contribution in [0.4, 0.5) is 11.4 Å². The smallest absolute Gasteiger partial charge is 0.137 e. The number of anilines is 2. The van der Waals surface area contributed by atoms with Gasteiger partial charge in [-0.3, -0.25) is 0 Å². The van der Waals surface area contributed by atoms with Crippen LogP contribution >= 0.6 is 0 Å². The zero-order chi connectivity index (χ0) is 33.7. The van der Waals surface area contributed by atoms with E-state index in [1.54, 1.807) is 0 Å². The normalized spacial score (nSPS) is 17.3. The highest BCUT2D eigenvalue weighted by atomic mass is 16.3. The van der Waals surface area contributed by atoms with Crippen LogP contribution in [0.1, 0.15) is 18.4 Å². The molecule has 244 valence electrons. The SMILES string of the molecule is C1=CCC(C2C=CC(N(c3ccc(-c4cccc5oc6ccccc6c45)cc3)c3cccc4oc5ccccc5c34)=C(c3ccccc3)C2)C=C1. The fourth-order valence-electron chi connectivity index (χ4n) is 8.20. The van der Waals surface area contributed by atoms with E-state index in [4.69, 9.17) is 8.83 Å². The van der Waals surface area contributed by atoms with Crippen molar-refractivity contribution in [1.29, 1.82) is 0 Å². The number of furan rings is 2. The fraction of sp³-hybridized carbons (Fsp3) is 0.0833. The van der Waals surface area contributed by atoms with Crippen molar-refractivity contribution >= 4 is 60.8 Å². The molecule has 2 atom stereocenters. The van der Waals surface area contributed by atoms with Crippen molar-refractivity contribution in [2.75, 3.05) is 4.90 Å². The molecule has 0 spiro atoms. The highest BCUT2D eigenvalue weighted by molar-refractivity contribution is 6.14. The van der Waals surface area contributed by atoms with E-state index in [1.165, 1.54) is 16.8 Å². The maximum absolute atomic E-state index is 6.44. The van der Waals surface area contributed by atoms with Crippen molar-refractivity contribution in [3.8, 4) is 11.1 Å². The van der Waals surface area contributed by atoms with Crippen LogP contribution in [0.5, 0.6) is 0 Å². The summed E-state index contributed by atoms with van der Waals surface area (Å²) in [5.41, 5.74) is 11.9. The maximum atomic E-state index is 6.44. The van der Waals surface area contributed by atoms with Gasteiger partial charge < -0.3 is 13.7 Å². The Bertz CT molecular complexity index is 2700. The Balaban J connectivity index is 1.18. The highest BCUT2D eigenvalue weighted by Crippen LogP contribution is 2.46. The molecule has 2 aliphatic rings. The predicted molar refractivity (Wildman–Crippen MR) is 212 cm³/mol. The Morgan fingerprint density at radius 1 is 0.510 bits per heavy atom. The molecule has 10 rings (SSSR count). The average molecular weight is 658 g/mol. The summed E-state index contributed by atoms with van der Waals surface area (Å²) in [6.45, 7) is 0. The lowest BCUT2D eigenvalue weighted by Crippen LogP contribution is -2.22. The molecule has 0 saturated heterocycles. The monoisotopic (exact) mass is 657 g/mol. The first-order chi connectivity index (χ1) is 25.3. The van der Waals surface area contributed by atoms with E-state index >= 15 is 0 Å². The number of allylic oxidation sites excluding steroid dienone is 7. The van der Waals surface area contributed by atoms with Crippen LogP contribution in [0.25, 0.3) is 60.6 Å². The molecule has 0 bridgehead atoms. The van der Waals surface area contributed by atoms with Crippen LogP contribution in [-0.4, -0.2) is 0 Å². The molecule has 51 heavy (non-hydrogen) atoms. The van der Waals surface area contributed by atoms with Crippen molar-refractivity contribution in [3.63, 3.8) is 0 Å². The second-order valence-corrected chi connectivity index (χ2v) is 13.6. The van der Waals surface area contributed by atoms with Gasteiger partial charge in [0.05, 0.1) is 11.1 Å². The van der Waals surface area contributed by atoms with E-state index in [2.05, 4.69) is 163 Å². The van der Waals surface area contributed by atoms with E-state index in [0.717, 1.165) is 79.2 Å². The fourth-order valence-corrected chi connectivity index (χ4v) is 8.20. The minimum Gasteiger partial charge on any atom is -0.456 e. The minimum atomic E-state index is 0.408. The molecule has 2 aromatic heterocycles. The zero-order valence-corrected chi connectivity index (χ0v) is 28.1. The molecule has 6 aromatic carbocycles. The summed E-state index contributed by atoms with van der Waals surface area (Å²) in [5.74, 6) is 0.882. The molecule has 0 amide bonds. The molecule has 2 unspecified atom stereocenters. The zero-order valence-electron chi connectivity index (χ0n) is 28.1. The molecule has 0 fully saturated rings. The molecule has 3 nitrogen and oxygen atoms in total. The molecule has 0 radical (unpaired) electrons. The average Bonchev–Trinajstić information content (AvgIpc) is 3.78. The number of rotatable bonds is 6. The van der Waals surface area contributed by atoms with E-state index in [1.807, 2.05) is 18.2 Å². The third kappa shape index (κ3) is 5.04. The summed E-state index contributed by atoms with van der Waals surface area (Å²) in [5, 5.41) is 4.51. The summed E-state index contributed by atoms with van der Waals surface area (Å²) >= 11 is 0. The first-order valence-corrected chi connectivity index (χ1v) is 17.8. The van der Waals surface area contributed by atoms with Crippen molar-refractivity contribution < 1.29 is 8.83 Å². The third-order valence-electron chi connectivity index (χ3n) is 10.6. The van der Waals surface area contributed by atoms with E-state index in [-0.39, 0.29) is 0 Å². The van der Waals surface area contributed by atoms with Crippen molar-refractivity contribution in [1.82, 2.24) is 0 Å². The molecule has 0 saturated carbocycles. The Kier molecular flexibility index (Phi) is 7.09. The van der Waals surface area contributed by atoms with E-state index in [0.29, 0.717) is 11.8 Å². The lowest BCUT2D eigenvalue weighted by atomic mass is 9.78. The Morgan fingerprint density at radius 3 is 1.92 bits per heavy atom. The van der Waals surface area contributed by atoms with Gasteiger partial charge in [0.2, 0.25) is 0 Å². The van der Waals surface area contributed by atoms with Gasteiger partial charge in [0.1, 0.15) is 22.3 Å². The summed E-state index contributed by atoms with van der Waals surface area (Å²) < 4.78 is 12.7. The standard InChI is InChI=1S/C48H35NO2/c1-3-13-32(14-4-1)35-27-30-41(40(31-35)33-15-5-2-6-16-33)49(42-20-12-24-46-48(42)39-18-8-10-22-44(39)51-46)36-28-25-34(26-29-36)37-19-11-23-45-47(37)38-17-7-9-21-43(38)50-45/h1-13,15-30,32,35H,14,31H2. The first-order valence-electron chi connectivity index (χ1n) is 17.8. The molecule has 2 aliphatic carbocycles. The topological polar surface area (TPSA) is 29.5 Å². The third-order valence-corrected chi connectivity index (χ3v) is 10.6. The van der Waals surface area contributed by atoms with Crippen LogP contribution in [0.2, 0.25) is 0 Å². The Hall–Kier alpha value is -6.32. The first kappa shape index (κ1) is 29.6. The number of benzene rings is 6. The quantitative estimate of drug-likeness (QED) is 0.178.